The lowest BCUT2D eigenvalue weighted by atomic mass is 9.97. The minimum Gasteiger partial charge on any atom is -0.465 e. The van der Waals surface area contributed by atoms with Gasteiger partial charge >= 0.3 is 5.97 Å². The van der Waals surface area contributed by atoms with E-state index in [1.807, 2.05) is 13.8 Å². The molecule has 0 bridgehead atoms. The Morgan fingerprint density at radius 1 is 1.33 bits per heavy atom. The quantitative estimate of drug-likeness (QED) is 0.557. The number of nitrogens with one attached hydrogen (secondary N) is 1. The number of carbonyl (C=O) groups excluding carboxylic acids is 1. The lowest BCUT2D eigenvalue weighted by molar-refractivity contribution is -0.151. The lowest BCUT2D eigenvalue weighted by Gasteiger charge is -2.31. The number of rotatable bonds is 12. The van der Waals surface area contributed by atoms with Gasteiger partial charge in [-0.15, -0.1) is 0 Å². The number of hydrogen-bond donors (Lipinski definition) is 1. The molecule has 0 saturated heterocycles. The maximum absolute atomic E-state index is 12.3. The number of methoxy groups -OCH3 is 1. The van der Waals surface area contributed by atoms with Crippen molar-refractivity contribution in [1.82, 2.24) is 10.2 Å². The molecule has 1 aliphatic rings. The second kappa shape index (κ2) is 9.38. The van der Waals surface area contributed by atoms with Crippen LogP contribution in [0.1, 0.15) is 46.5 Å². The second-order valence-corrected chi connectivity index (χ2v) is 5.99. The number of carbonyl (C=O) groups is 1. The summed E-state index contributed by atoms with van der Waals surface area (Å²) >= 11 is 0. The van der Waals surface area contributed by atoms with Crippen molar-refractivity contribution in [2.75, 3.05) is 40.0 Å². The molecular formula is C16H32N2O3. The van der Waals surface area contributed by atoms with Crippen LogP contribution in [0.15, 0.2) is 0 Å². The van der Waals surface area contributed by atoms with Crippen molar-refractivity contribution >= 4 is 5.97 Å². The fourth-order valence-corrected chi connectivity index (χ4v) is 2.45. The Balaban J connectivity index is 2.55. The van der Waals surface area contributed by atoms with Crippen molar-refractivity contribution in [3.05, 3.63) is 0 Å². The van der Waals surface area contributed by atoms with E-state index >= 15 is 0 Å². The van der Waals surface area contributed by atoms with Crippen molar-refractivity contribution < 1.29 is 14.3 Å². The molecule has 1 unspecified atom stereocenters. The highest BCUT2D eigenvalue weighted by Gasteiger charge is 2.36. The van der Waals surface area contributed by atoms with E-state index in [4.69, 9.17) is 9.47 Å². The Labute approximate surface area is 129 Å². The van der Waals surface area contributed by atoms with Crippen molar-refractivity contribution in [2.45, 2.75) is 58.0 Å². The highest BCUT2D eigenvalue weighted by atomic mass is 16.5. The Morgan fingerprint density at radius 2 is 2.05 bits per heavy atom. The average molecular weight is 300 g/mol. The molecule has 0 spiro atoms. The van der Waals surface area contributed by atoms with E-state index in [2.05, 4.69) is 17.1 Å². The molecule has 0 amide bonds. The number of ether oxygens (including phenoxy) is 2. The first-order chi connectivity index (χ1) is 10.1. The van der Waals surface area contributed by atoms with E-state index in [-0.39, 0.29) is 5.97 Å². The highest BCUT2D eigenvalue weighted by molar-refractivity contribution is 5.80. The van der Waals surface area contributed by atoms with Gasteiger partial charge in [-0.05, 0) is 46.1 Å². The molecule has 0 heterocycles. The molecule has 5 heteroatoms. The van der Waals surface area contributed by atoms with Crippen LogP contribution in [0.4, 0.5) is 0 Å². The van der Waals surface area contributed by atoms with Gasteiger partial charge in [-0.3, -0.25) is 9.69 Å². The fourth-order valence-electron chi connectivity index (χ4n) is 2.45. The minimum atomic E-state index is -0.591. The van der Waals surface area contributed by atoms with E-state index in [1.165, 1.54) is 12.8 Å². The number of hydrogen-bond acceptors (Lipinski definition) is 5. The highest BCUT2D eigenvalue weighted by Crippen LogP contribution is 2.27. The predicted octanol–water partition coefficient (Wildman–Crippen LogP) is 1.81. The summed E-state index contributed by atoms with van der Waals surface area (Å²) in [5, 5.41) is 3.37. The van der Waals surface area contributed by atoms with E-state index in [0.717, 1.165) is 39.1 Å². The molecule has 124 valence electrons. The third kappa shape index (κ3) is 6.32. The SMILES string of the molecule is CCCNC(C)(CCN(CCOC)C1CC1)C(=O)OCC. The maximum Gasteiger partial charge on any atom is 0.326 e. The number of esters is 1. The normalized spacial score (nSPS) is 17.8. The molecule has 1 saturated carbocycles. The van der Waals surface area contributed by atoms with Crippen LogP contribution >= 0.6 is 0 Å². The summed E-state index contributed by atoms with van der Waals surface area (Å²) in [7, 11) is 1.73. The summed E-state index contributed by atoms with van der Waals surface area (Å²) < 4.78 is 10.4. The van der Waals surface area contributed by atoms with Gasteiger partial charge in [-0.25, -0.2) is 0 Å². The second-order valence-electron chi connectivity index (χ2n) is 5.99. The molecule has 1 N–H and O–H groups in total. The Kier molecular flexibility index (Phi) is 8.22. The first-order valence-electron chi connectivity index (χ1n) is 8.22. The Bertz CT molecular complexity index is 308. The van der Waals surface area contributed by atoms with Gasteiger partial charge in [0.1, 0.15) is 5.54 Å². The smallest absolute Gasteiger partial charge is 0.326 e. The average Bonchev–Trinajstić information content (AvgIpc) is 3.30. The van der Waals surface area contributed by atoms with Gasteiger partial charge in [-0.1, -0.05) is 6.92 Å². The molecule has 1 fully saturated rings. The van der Waals surface area contributed by atoms with Crippen LogP contribution in [-0.2, 0) is 14.3 Å². The summed E-state index contributed by atoms with van der Waals surface area (Å²) in [5.74, 6) is -0.138. The predicted molar refractivity (Wildman–Crippen MR) is 84.4 cm³/mol. The number of nitrogens with zero attached hydrogens (tertiary/aromatic N) is 1. The summed E-state index contributed by atoms with van der Waals surface area (Å²) in [4.78, 5) is 14.7. The summed E-state index contributed by atoms with van der Waals surface area (Å²) in [5.41, 5.74) is -0.591. The monoisotopic (exact) mass is 300 g/mol. The summed E-state index contributed by atoms with van der Waals surface area (Å²) in [6.07, 6.45) is 4.31. The van der Waals surface area contributed by atoms with Gasteiger partial charge in [0.15, 0.2) is 0 Å². The third-order valence-electron chi connectivity index (χ3n) is 4.04. The largest absolute Gasteiger partial charge is 0.465 e. The standard InChI is InChI=1S/C16H32N2O3/c1-5-10-17-16(3,15(19)21-6-2)9-11-18(12-13-20-4)14-7-8-14/h14,17H,5-13H2,1-4H3. The molecule has 21 heavy (non-hydrogen) atoms. The van der Waals surface area contributed by atoms with E-state index in [1.54, 1.807) is 7.11 Å². The molecule has 0 radical (unpaired) electrons. The molecular weight excluding hydrogens is 268 g/mol. The zero-order valence-corrected chi connectivity index (χ0v) is 14.1. The van der Waals surface area contributed by atoms with Crippen LogP contribution in [0.2, 0.25) is 0 Å². The first-order valence-corrected chi connectivity index (χ1v) is 8.22. The van der Waals surface area contributed by atoms with Crippen LogP contribution in [-0.4, -0.2) is 62.4 Å². The van der Waals surface area contributed by atoms with Crippen molar-refractivity contribution in [3.8, 4) is 0 Å². The van der Waals surface area contributed by atoms with Crippen molar-refractivity contribution in [3.63, 3.8) is 0 Å². The van der Waals surface area contributed by atoms with Crippen LogP contribution in [0, 0.1) is 0 Å². The minimum absolute atomic E-state index is 0.138. The van der Waals surface area contributed by atoms with Crippen LogP contribution in [0.3, 0.4) is 0 Å². The van der Waals surface area contributed by atoms with E-state index < -0.39 is 5.54 Å². The fraction of sp³-hybridized carbons (Fsp3) is 0.938. The Hall–Kier alpha value is -0.650. The summed E-state index contributed by atoms with van der Waals surface area (Å²) in [6, 6.07) is 0.678. The van der Waals surface area contributed by atoms with Gasteiger partial charge in [0, 0.05) is 26.2 Å². The first kappa shape index (κ1) is 18.4. The van der Waals surface area contributed by atoms with Crippen LogP contribution in [0.25, 0.3) is 0 Å². The van der Waals surface area contributed by atoms with E-state index in [0.29, 0.717) is 12.6 Å². The van der Waals surface area contributed by atoms with Gasteiger partial charge < -0.3 is 14.8 Å². The van der Waals surface area contributed by atoms with Crippen LogP contribution in [0.5, 0.6) is 0 Å². The molecule has 0 aromatic rings. The molecule has 5 nitrogen and oxygen atoms in total. The Morgan fingerprint density at radius 3 is 2.57 bits per heavy atom. The maximum atomic E-state index is 12.3. The summed E-state index contributed by atoms with van der Waals surface area (Å²) in [6.45, 7) is 9.76. The van der Waals surface area contributed by atoms with Gasteiger partial charge in [-0.2, -0.15) is 0 Å². The zero-order valence-electron chi connectivity index (χ0n) is 14.1. The molecule has 1 rings (SSSR count). The lowest BCUT2D eigenvalue weighted by Crippen LogP contribution is -2.52. The molecule has 0 aromatic heterocycles. The van der Waals surface area contributed by atoms with Gasteiger partial charge in [0.25, 0.3) is 0 Å². The molecule has 1 aliphatic carbocycles. The molecule has 1 atom stereocenters. The zero-order chi connectivity index (χ0) is 15.7. The van der Waals surface area contributed by atoms with Crippen LogP contribution < -0.4 is 5.32 Å². The molecule has 0 aliphatic heterocycles. The van der Waals surface area contributed by atoms with Crippen molar-refractivity contribution in [2.24, 2.45) is 0 Å². The topological polar surface area (TPSA) is 50.8 Å². The third-order valence-corrected chi connectivity index (χ3v) is 4.04. The van der Waals surface area contributed by atoms with E-state index in [9.17, 15) is 4.79 Å². The van der Waals surface area contributed by atoms with Crippen molar-refractivity contribution in [1.29, 1.82) is 0 Å². The van der Waals surface area contributed by atoms with Gasteiger partial charge in [0.05, 0.1) is 13.2 Å². The molecule has 0 aromatic carbocycles. The van der Waals surface area contributed by atoms with Gasteiger partial charge in [0.2, 0.25) is 0 Å².